The monoisotopic (exact) mass is 220 g/mol. The van der Waals surface area contributed by atoms with Crippen molar-refractivity contribution in [3.05, 3.63) is 22.8 Å². The average molecular weight is 220 g/mol. The number of ether oxygens (including phenoxy) is 1. The second-order valence-electron chi connectivity index (χ2n) is 4.40. The van der Waals surface area contributed by atoms with Crippen LogP contribution in [0.25, 0.3) is 0 Å². The number of hydrogen-bond donors (Lipinski definition) is 1. The summed E-state index contributed by atoms with van der Waals surface area (Å²) in [4.78, 5) is 11.9. The van der Waals surface area contributed by atoms with Crippen molar-refractivity contribution in [1.29, 1.82) is 0 Å². The quantitative estimate of drug-likeness (QED) is 0.791. The zero-order chi connectivity index (χ0) is 11.9. The maximum atomic E-state index is 11.9. The van der Waals surface area contributed by atoms with Crippen LogP contribution in [0.15, 0.2) is 6.07 Å². The first-order valence-electron chi connectivity index (χ1n) is 5.50. The Morgan fingerprint density at radius 3 is 2.81 bits per heavy atom. The minimum atomic E-state index is 0.128. The molecule has 0 amide bonds. The molecule has 0 heterocycles. The van der Waals surface area contributed by atoms with Crippen molar-refractivity contribution in [1.82, 2.24) is 0 Å². The molecule has 0 radical (unpaired) electrons. The summed E-state index contributed by atoms with van der Waals surface area (Å²) >= 11 is 0. The lowest BCUT2D eigenvalue weighted by molar-refractivity contribution is 0.0966. The number of ketones is 1. The van der Waals surface area contributed by atoms with Crippen LogP contribution >= 0.6 is 0 Å². The molecule has 0 spiro atoms. The van der Waals surface area contributed by atoms with Crippen LogP contribution in [0.2, 0.25) is 0 Å². The highest BCUT2D eigenvalue weighted by molar-refractivity contribution is 6.01. The highest BCUT2D eigenvalue weighted by Gasteiger charge is 2.29. The first-order chi connectivity index (χ1) is 7.56. The van der Waals surface area contributed by atoms with Gasteiger partial charge in [0, 0.05) is 17.5 Å². The van der Waals surface area contributed by atoms with Crippen molar-refractivity contribution in [3.8, 4) is 11.5 Å². The summed E-state index contributed by atoms with van der Waals surface area (Å²) < 4.78 is 5.11. The van der Waals surface area contributed by atoms with Gasteiger partial charge < -0.3 is 9.84 Å². The van der Waals surface area contributed by atoms with Crippen LogP contribution in [-0.4, -0.2) is 18.0 Å². The van der Waals surface area contributed by atoms with Crippen LogP contribution in [0.4, 0.5) is 0 Å². The van der Waals surface area contributed by atoms with Gasteiger partial charge in [-0.25, -0.2) is 0 Å². The van der Waals surface area contributed by atoms with Crippen LogP contribution in [0, 0.1) is 6.92 Å². The third kappa shape index (κ3) is 1.47. The van der Waals surface area contributed by atoms with E-state index < -0.39 is 0 Å². The lowest BCUT2D eigenvalue weighted by atomic mass is 9.80. The molecule has 1 aromatic carbocycles. The van der Waals surface area contributed by atoms with Gasteiger partial charge >= 0.3 is 0 Å². The zero-order valence-corrected chi connectivity index (χ0v) is 9.83. The van der Waals surface area contributed by atoms with Gasteiger partial charge in [0.1, 0.15) is 0 Å². The number of aromatic hydroxyl groups is 1. The summed E-state index contributed by atoms with van der Waals surface area (Å²) in [5.74, 6) is 0.923. The summed E-state index contributed by atoms with van der Waals surface area (Å²) in [5.41, 5.74) is 2.34. The van der Waals surface area contributed by atoms with E-state index in [-0.39, 0.29) is 17.5 Å². The van der Waals surface area contributed by atoms with Crippen LogP contribution in [0.1, 0.15) is 47.2 Å². The standard InChI is InChI=1S/C13H16O3/c1-7-4-5-9(14)11-8(2)6-10(16-3)13(15)12(7)11/h6-7,15H,4-5H2,1-3H3. The van der Waals surface area contributed by atoms with E-state index in [1.807, 2.05) is 13.8 Å². The molecule has 0 saturated heterocycles. The van der Waals surface area contributed by atoms with Crippen molar-refractivity contribution in [2.75, 3.05) is 7.11 Å². The second kappa shape index (κ2) is 3.81. The summed E-state index contributed by atoms with van der Waals surface area (Å²) in [5, 5.41) is 10.1. The van der Waals surface area contributed by atoms with E-state index >= 15 is 0 Å². The van der Waals surface area contributed by atoms with E-state index in [0.29, 0.717) is 17.7 Å². The predicted octanol–water partition coefficient (Wildman–Crippen LogP) is 2.79. The lowest BCUT2D eigenvalue weighted by Gasteiger charge is -2.25. The van der Waals surface area contributed by atoms with E-state index in [0.717, 1.165) is 17.5 Å². The smallest absolute Gasteiger partial charge is 0.163 e. The van der Waals surface area contributed by atoms with Crippen molar-refractivity contribution in [2.45, 2.75) is 32.6 Å². The Morgan fingerprint density at radius 1 is 1.50 bits per heavy atom. The molecule has 3 nitrogen and oxygen atoms in total. The summed E-state index contributed by atoms with van der Waals surface area (Å²) in [6.07, 6.45) is 1.37. The van der Waals surface area contributed by atoms with Gasteiger partial charge in [-0.3, -0.25) is 4.79 Å². The molecule has 1 unspecified atom stereocenters. The number of Topliss-reactive ketones (excluding diaryl/α,β-unsaturated/α-hetero) is 1. The minimum absolute atomic E-state index is 0.128. The van der Waals surface area contributed by atoms with E-state index in [2.05, 4.69) is 0 Å². The zero-order valence-electron chi connectivity index (χ0n) is 9.83. The maximum Gasteiger partial charge on any atom is 0.163 e. The predicted molar refractivity (Wildman–Crippen MR) is 61.4 cm³/mol. The molecule has 1 aliphatic carbocycles. The van der Waals surface area contributed by atoms with Crippen molar-refractivity contribution in [2.24, 2.45) is 0 Å². The van der Waals surface area contributed by atoms with Gasteiger partial charge in [0.15, 0.2) is 17.3 Å². The molecule has 0 bridgehead atoms. The first-order valence-corrected chi connectivity index (χ1v) is 5.50. The molecular formula is C13H16O3. The van der Waals surface area contributed by atoms with Gasteiger partial charge in [0.05, 0.1) is 7.11 Å². The fourth-order valence-electron chi connectivity index (χ4n) is 2.42. The largest absolute Gasteiger partial charge is 0.504 e. The number of methoxy groups -OCH3 is 1. The minimum Gasteiger partial charge on any atom is -0.504 e. The molecule has 0 fully saturated rings. The molecule has 2 rings (SSSR count). The number of carbonyl (C=O) groups is 1. The molecular weight excluding hydrogens is 204 g/mol. The number of aryl methyl sites for hydroxylation is 1. The fraction of sp³-hybridized carbons (Fsp3) is 0.462. The molecule has 1 aromatic rings. The lowest BCUT2D eigenvalue weighted by Crippen LogP contribution is -2.16. The fourth-order valence-corrected chi connectivity index (χ4v) is 2.42. The van der Waals surface area contributed by atoms with Crippen molar-refractivity contribution >= 4 is 5.78 Å². The molecule has 3 heteroatoms. The number of phenolic OH excluding ortho intramolecular Hbond substituents is 1. The second-order valence-corrected chi connectivity index (χ2v) is 4.40. The highest BCUT2D eigenvalue weighted by atomic mass is 16.5. The molecule has 1 N–H and O–H groups in total. The normalized spacial score (nSPS) is 19.4. The maximum absolute atomic E-state index is 11.9. The van der Waals surface area contributed by atoms with Crippen LogP contribution in [-0.2, 0) is 0 Å². The van der Waals surface area contributed by atoms with Crippen LogP contribution < -0.4 is 4.74 Å². The van der Waals surface area contributed by atoms with E-state index in [1.54, 1.807) is 6.07 Å². The molecule has 1 aliphatic rings. The van der Waals surface area contributed by atoms with E-state index in [1.165, 1.54) is 7.11 Å². The van der Waals surface area contributed by atoms with Gasteiger partial charge in [-0.2, -0.15) is 0 Å². The molecule has 0 aromatic heterocycles. The van der Waals surface area contributed by atoms with Gasteiger partial charge in [-0.15, -0.1) is 0 Å². The first kappa shape index (κ1) is 11.0. The summed E-state index contributed by atoms with van der Waals surface area (Å²) in [6, 6.07) is 1.73. The average Bonchev–Trinajstić information content (AvgIpc) is 2.26. The Labute approximate surface area is 95.0 Å². The molecule has 0 saturated carbocycles. The summed E-state index contributed by atoms with van der Waals surface area (Å²) in [6.45, 7) is 3.92. The Kier molecular flexibility index (Phi) is 2.62. The topological polar surface area (TPSA) is 46.5 Å². The Hall–Kier alpha value is -1.51. The van der Waals surface area contributed by atoms with E-state index in [4.69, 9.17) is 4.74 Å². The number of hydrogen-bond acceptors (Lipinski definition) is 3. The summed E-state index contributed by atoms with van der Waals surface area (Å²) in [7, 11) is 1.52. The Balaban J connectivity index is 2.73. The number of fused-ring (bicyclic) bond motifs is 1. The van der Waals surface area contributed by atoms with Crippen molar-refractivity contribution in [3.63, 3.8) is 0 Å². The van der Waals surface area contributed by atoms with Gasteiger partial charge in [0.25, 0.3) is 0 Å². The van der Waals surface area contributed by atoms with Crippen molar-refractivity contribution < 1.29 is 14.6 Å². The number of benzene rings is 1. The number of rotatable bonds is 1. The number of phenols is 1. The third-order valence-electron chi connectivity index (χ3n) is 3.30. The SMILES string of the molecule is COc1cc(C)c2c(c1O)C(C)CCC2=O. The number of carbonyl (C=O) groups excluding carboxylic acids is 1. The van der Waals surface area contributed by atoms with Gasteiger partial charge in [-0.05, 0) is 30.9 Å². The Bertz CT molecular complexity index is 449. The Morgan fingerprint density at radius 2 is 2.19 bits per heavy atom. The molecule has 0 aliphatic heterocycles. The van der Waals surface area contributed by atoms with Gasteiger partial charge in [0.2, 0.25) is 0 Å². The van der Waals surface area contributed by atoms with Crippen LogP contribution in [0.3, 0.4) is 0 Å². The molecule has 16 heavy (non-hydrogen) atoms. The molecule has 1 atom stereocenters. The third-order valence-corrected chi connectivity index (χ3v) is 3.30. The molecule has 86 valence electrons. The van der Waals surface area contributed by atoms with Crippen LogP contribution in [0.5, 0.6) is 11.5 Å². The van der Waals surface area contributed by atoms with Gasteiger partial charge in [-0.1, -0.05) is 6.92 Å². The van der Waals surface area contributed by atoms with E-state index in [9.17, 15) is 9.90 Å². The highest BCUT2D eigenvalue weighted by Crippen LogP contribution is 2.43.